The Kier molecular flexibility index (Phi) is 5.48. The molecule has 1 aliphatic heterocycles. The molecule has 0 unspecified atom stereocenters. The molecule has 5 nitrogen and oxygen atoms in total. The summed E-state index contributed by atoms with van der Waals surface area (Å²) in [6.45, 7) is 2.98. The third-order valence-electron chi connectivity index (χ3n) is 5.45. The molecule has 1 aromatic carbocycles. The van der Waals surface area contributed by atoms with Crippen molar-refractivity contribution in [2.75, 3.05) is 36.4 Å². The maximum atomic E-state index is 12.8. The van der Waals surface area contributed by atoms with E-state index in [1.54, 1.807) is 6.20 Å². The number of piperazine rings is 1. The lowest BCUT2D eigenvalue weighted by Gasteiger charge is -2.36. The maximum Gasteiger partial charge on any atom is 0.272 e. The van der Waals surface area contributed by atoms with Crippen LogP contribution in [-0.2, 0) is 0 Å². The van der Waals surface area contributed by atoms with E-state index < -0.39 is 0 Å². The first kappa shape index (κ1) is 18.1. The van der Waals surface area contributed by atoms with Gasteiger partial charge in [-0.3, -0.25) is 4.79 Å². The fourth-order valence-electron chi connectivity index (χ4n) is 3.91. The summed E-state index contributed by atoms with van der Waals surface area (Å²) in [4.78, 5) is 21.3. The van der Waals surface area contributed by atoms with Gasteiger partial charge in [-0.05, 0) is 43.2 Å². The zero-order chi connectivity index (χ0) is 18.6. The molecule has 0 spiro atoms. The van der Waals surface area contributed by atoms with E-state index in [4.69, 9.17) is 11.6 Å². The van der Waals surface area contributed by atoms with Crippen LogP contribution in [0.5, 0.6) is 0 Å². The van der Waals surface area contributed by atoms with E-state index in [-0.39, 0.29) is 5.91 Å². The van der Waals surface area contributed by atoms with E-state index in [1.165, 1.54) is 25.7 Å². The summed E-state index contributed by atoms with van der Waals surface area (Å²) in [5.41, 5.74) is 2.63. The van der Waals surface area contributed by atoms with Gasteiger partial charge in [0.05, 0.1) is 11.9 Å². The first-order valence-corrected chi connectivity index (χ1v) is 10.1. The van der Waals surface area contributed by atoms with E-state index in [0.29, 0.717) is 24.8 Å². The minimum absolute atomic E-state index is 0.00756. The van der Waals surface area contributed by atoms with Crippen LogP contribution < -0.4 is 10.2 Å². The minimum atomic E-state index is 0.00756. The topological polar surface area (TPSA) is 48.5 Å². The van der Waals surface area contributed by atoms with E-state index in [0.717, 1.165) is 29.5 Å². The number of hydrogen-bond acceptors (Lipinski definition) is 4. The zero-order valence-corrected chi connectivity index (χ0v) is 16.2. The van der Waals surface area contributed by atoms with Crippen molar-refractivity contribution < 1.29 is 4.79 Å². The van der Waals surface area contributed by atoms with Gasteiger partial charge in [-0.1, -0.05) is 30.5 Å². The number of nitrogens with one attached hydrogen (secondary N) is 1. The number of carbonyl (C=O) groups is 1. The number of benzene rings is 1. The van der Waals surface area contributed by atoms with Crippen molar-refractivity contribution in [2.45, 2.75) is 31.7 Å². The molecule has 1 saturated heterocycles. The van der Waals surface area contributed by atoms with Gasteiger partial charge in [0.15, 0.2) is 0 Å². The molecule has 2 aliphatic rings. The Bertz CT molecular complexity index is 781. The Morgan fingerprint density at radius 2 is 1.85 bits per heavy atom. The predicted molar refractivity (Wildman–Crippen MR) is 110 cm³/mol. The molecule has 142 valence electrons. The maximum absolute atomic E-state index is 12.8. The van der Waals surface area contributed by atoms with Crippen molar-refractivity contribution in [2.24, 2.45) is 0 Å². The van der Waals surface area contributed by atoms with Crippen molar-refractivity contribution in [1.82, 2.24) is 9.88 Å². The summed E-state index contributed by atoms with van der Waals surface area (Å²) in [5, 5.41) is 4.25. The number of hydrogen-bond donors (Lipinski definition) is 1. The highest BCUT2D eigenvalue weighted by Gasteiger charge is 2.23. The molecule has 0 atom stereocenters. The second-order valence-electron chi connectivity index (χ2n) is 7.32. The van der Waals surface area contributed by atoms with Crippen LogP contribution in [0.2, 0.25) is 5.02 Å². The minimum Gasteiger partial charge on any atom is -0.381 e. The lowest BCUT2D eigenvalue weighted by atomic mass is 10.2. The van der Waals surface area contributed by atoms with Gasteiger partial charge in [0.1, 0.15) is 5.69 Å². The van der Waals surface area contributed by atoms with Crippen LogP contribution in [-0.4, -0.2) is 48.0 Å². The van der Waals surface area contributed by atoms with Gasteiger partial charge in [0.2, 0.25) is 0 Å². The van der Waals surface area contributed by atoms with E-state index in [9.17, 15) is 4.79 Å². The largest absolute Gasteiger partial charge is 0.381 e. The highest BCUT2D eigenvalue weighted by Crippen LogP contribution is 2.23. The van der Waals surface area contributed by atoms with Crippen LogP contribution in [0.3, 0.4) is 0 Å². The van der Waals surface area contributed by atoms with Crippen molar-refractivity contribution >= 4 is 28.9 Å². The normalized spacial score (nSPS) is 18.0. The molecular weight excluding hydrogens is 360 g/mol. The van der Waals surface area contributed by atoms with Crippen molar-refractivity contribution in [1.29, 1.82) is 0 Å². The molecule has 0 bridgehead atoms. The lowest BCUT2D eigenvalue weighted by Crippen LogP contribution is -2.49. The summed E-state index contributed by atoms with van der Waals surface area (Å²) in [7, 11) is 0. The molecule has 1 aromatic heterocycles. The standard InChI is InChI=1S/C21H25ClN4O/c22-16-4-3-7-19(14-16)25-10-12-26(13-11-25)21(27)20-9-8-18(15-23-20)24-17-5-1-2-6-17/h3-4,7-9,14-15,17,24H,1-2,5-6,10-13H2. The number of amides is 1. The second kappa shape index (κ2) is 8.17. The van der Waals surface area contributed by atoms with Crippen LogP contribution in [0.1, 0.15) is 36.2 Å². The molecule has 2 heterocycles. The Morgan fingerprint density at radius 3 is 2.52 bits per heavy atom. The molecule has 1 N–H and O–H groups in total. The number of nitrogens with zero attached hydrogens (tertiary/aromatic N) is 3. The summed E-state index contributed by atoms with van der Waals surface area (Å²) in [6, 6.07) is 12.2. The Morgan fingerprint density at radius 1 is 1.07 bits per heavy atom. The van der Waals surface area contributed by atoms with Crippen LogP contribution in [0.15, 0.2) is 42.6 Å². The third kappa shape index (κ3) is 4.35. The average Bonchev–Trinajstić information content (AvgIpc) is 3.21. The number of rotatable bonds is 4. The fraction of sp³-hybridized carbons (Fsp3) is 0.429. The third-order valence-corrected chi connectivity index (χ3v) is 5.68. The van der Waals surface area contributed by atoms with Crippen LogP contribution >= 0.6 is 11.6 Å². The molecule has 0 radical (unpaired) electrons. The lowest BCUT2D eigenvalue weighted by molar-refractivity contribution is 0.0741. The molecule has 2 fully saturated rings. The Balaban J connectivity index is 1.33. The van der Waals surface area contributed by atoms with Crippen LogP contribution in [0.25, 0.3) is 0 Å². The van der Waals surface area contributed by atoms with Gasteiger partial charge in [-0.2, -0.15) is 0 Å². The van der Waals surface area contributed by atoms with Crippen molar-refractivity contribution in [3.05, 3.63) is 53.3 Å². The summed E-state index contributed by atoms with van der Waals surface area (Å²) in [5.74, 6) is 0.00756. The predicted octanol–water partition coefficient (Wildman–Crippen LogP) is 4.05. The van der Waals surface area contributed by atoms with Gasteiger partial charge < -0.3 is 15.1 Å². The molecular formula is C21H25ClN4O. The van der Waals surface area contributed by atoms with Crippen LogP contribution in [0, 0.1) is 0 Å². The van der Waals surface area contributed by atoms with Gasteiger partial charge in [-0.15, -0.1) is 0 Å². The van der Waals surface area contributed by atoms with Gasteiger partial charge in [0, 0.05) is 42.9 Å². The monoisotopic (exact) mass is 384 g/mol. The number of carbonyl (C=O) groups excluding carboxylic acids is 1. The number of anilines is 2. The quantitative estimate of drug-likeness (QED) is 0.863. The first-order chi connectivity index (χ1) is 13.2. The molecule has 1 amide bonds. The second-order valence-corrected chi connectivity index (χ2v) is 7.75. The van der Waals surface area contributed by atoms with Crippen molar-refractivity contribution in [3.63, 3.8) is 0 Å². The van der Waals surface area contributed by atoms with Crippen LogP contribution in [0.4, 0.5) is 11.4 Å². The van der Waals surface area contributed by atoms with Gasteiger partial charge >= 0.3 is 0 Å². The summed E-state index contributed by atoms with van der Waals surface area (Å²) < 4.78 is 0. The Labute approximate surface area is 165 Å². The summed E-state index contributed by atoms with van der Waals surface area (Å²) in [6.07, 6.45) is 6.81. The first-order valence-electron chi connectivity index (χ1n) is 9.71. The van der Waals surface area contributed by atoms with E-state index in [2.05, 4.69) is 21.3 Å². The zero-order valence-electron chi connectivity index (χ0n) is 15.4. The average molecular weight is 385 g/mol. The van der Waals surface area contributed by atoms with Gasteiger partial charge in [-0.25, -0.2) is 4.98 Å². The number of pyridine rings is 1. The smallest absolute Gasteiger partial charge is 0.272 e. The molecule has 1 saturated carbocycles. The fourth-order valence-corrected chi connectivity index (χ4v) is 4.10. The molecule has 27 heavy (non-hydrogen) atoms. The highest BCUT2D eigenvalue weighted by atomic mass is 35.5. The van der Waals surface area contributed by atoms with E-state index >= 15 is 0 Å². The van der Waals surface area contributed by atoms with E-state index in [1.807, 2.05) is 35.2 Å². The SMILES string of the molecule is O=C(c1ccc(NC2CCCC2)cn1)N1CCN(c2cccc(Cl)c2)CC1. The molecule has 6 heteroatoms. The van der Waals surface area contributed by atoms with Gasteiger partial charge in [0.25, 0.3) is 5.91 Å². The summed E-state index contributed by atoms with van der Waals surface area (Å²) >= 11 is 6.08. The molecule has 4 rings (SSSR count). The Hall–Kier alpha value is -2.27. The molecule has 2 aromatic rings. The number of aromatic nitrogens is 1. The molecule has 1 aliphatic carbocycles. The van der Waals surface area contributed by atoms with Crippen molar-refractivity contribution in [3.8, 4) is 0 Å². The highest BCUT2D eigenvalue weighted by molar-refractivity contribution is 6.30. The number of halogens is 1.